The van der Waals surface area contributed by atoms with Crippen LogP contribution in [0.5, 0.6) is 0 Å². The number of anilines is 2. The zero-order valence-electron chi connectivity index (χ0n) is 11.7. The first-order chi connectivity index (χ1) is 10.3. The van der Waals surface area contributed by atoms with Crippen molar-refractivity contribution in [1.82, 2.24) is 4.98 Å². The van der Waals surface area contributed by atoms with Crippen LogP contribution >= 0.6 is 11.6 Å². The fraction of sp³-hybridized carbons (Fsp3) is 0.538. The van der Waals surface area contributed by atoms with Crippen LogP contribution in [-0.4, -0.2) is 40.7 Å². The third-order valence-corrected chi connectivity index (χ3v) is 3.74. The summed E-state index contributed by atoms with van der Waals surface area (Å²) in [7, 11) is 0. The Balaban J connectivity index is 2.31. The van der Waals surface area contributed by atoms with Crippen molar-refractivity contribution in [2.45, 2.75) is 37.9 Å². The number of rotatable bonds is 5. The lowest BCUT2D eigenvalue weighted by atomic mass is 9.75. The van der Waals surface area contributed by atoms with Crippen LogP contribution in [0.2, 0.25) is 5.15 Å². The van der Waals surface area contributed by atoms with E-state index in [1.807, 2.05) is 0 Å². The number of carbonyl (C=O) groups is 1. The smallest absolute Gasteiger partial charge is 0.315 e. The maximum atomic E-state index is 13.1. The summed E-state index contributed by atoms with van der Waals surface area (Å²) in [6.45, 7) is 1.20. The largest absolute Gasteiger partial charge is 0.394 e. The van der Waals surface area contributed by atoms with Crippen molar-refractivity contribution >= 4 is 29.0 Å². The highest BCUT2D eigenvalue weighted by atomic mass is 35.5. The number of carbonyl (C=O) groups excluding carboxylic acids is 1. The van der Waals surface area contributed by atoms with E-state index in [4.69, 9.17) is 11.6 Å². The number of hydrogen-bond donors (Lipinski definition) is 3. The fourth-order valence-electron chi connectivity index (χ4n) is 2.37. The zero-order valence-corrected chi connectivity index (χ0v) is 12.4. The summed E-state index contributed by atoms with van der Waals surface area (Å²) in [5, 5.41) is 14.4. The average molecular weight is 338 g/mol. The van der Waals surface area contributed by atoms with Crippen molar-refractivity contribution in [2.24, 2.45) is 0 Å². The van der Waals surface area contributed by atoms with E-state index in [9.17, 15) is 23.1 Å². The Hall–Kier alpha value is -1.54. The van der Waals surface area contributed by atoms with Gasteiger partial charge in [0.25, 0.3) is 5.91 Å². The van der Waals surface area contributed by atoms with E-state index in [1.54, 1.807) is 6.92 Å². The van der Waals surface area contributed by atoms with Crippen LogP contribution in [0.3, 0.4) is 0 Å². The molecule has 3 N–H and O–H groups in total. The van der Waals surface area contributed by atoms with Crippen LogP contribution < -0.4 is 10.6 Å². The molecule has 1 aromatic rings. The summed E-state index contributed by atoms with van der Waals surface area (Å²) in [5.74, 6) is -1.45. The molecular formula is C13H15ClF3N3O2. The van der Waals surface area contributed by atoms with Gasteiger partial charge < -0.3 is 15.7 Å². The van der Waals surface area contributed by atoms with E-state index in [2.05, 4.69) is 15.6 Å². The number of nitrogens with zero attached hydrogens (tertiary/aromatic N) is 1. The summed E-state index contributed by atoms with van der Waals surface area (Å²) in [4.78, 5) is 15.2. The van der Waals surface area contributed by atoms with Gasteiger partial charge in [0.1, 0.15) is 11.3 Å². The summed E-state index contributed by atoms with van der Waals surface area (Å²) in [6.07, 6.45) is -4.13. The molecule has 1 saturated carbocycles. The van der Waals surface area contributed by atoms with E-state index >= 15 is 0 Å². The van der Waals surface area contributed by atoms with Crippen LogP contribution in [0.15, 0.2) is 6.07 Å². The first-order valence-corrected chi connectivity index (χ1v) is 6.93. The van der Waals surface area contributed by atoms with Gasteiger partial charge in [0.15, 0.2) is 5.82 Å². The van der Waals surface area contributed by atoms with Gasteiger partial charge in [-0.3, -0.25) is 4.79 Å². The number of nitrogens with one attached hydrogen (secondary N) is 2. The molecule has 0 bridgehead atoms. The van der Waals surface area contributed by atoms with Gasteiger partial charge >= 0.3 is 6.43 Å². The van der Waals surface area contributed by atoms with Crippen LogP contribution in [0, 0.1) is 6.92 Å². The number of amides is 1. The minimum absolute atomic E-state index is 0.0277. The molecule has 1 aromatic heterocycles. The van der Waals surface area contributed by atoms with Crippen LogP contribution in [0.25, 0.3) is 0 Å². The van der Waals surface area contributed by atoms with Gasteiger partial charge in [0, 0.05) is 12.8 Å². The van der Waals surface area contributed by atoms with Gasteiger partial charge in [0.2, 0.25) is 0 Å². The summed E-state index contributed by atoms with van der Waals surface area (Å²) >= 11 is 5.83. The monoisotopic (exact) mass is 337 g/mol. The molecule has 0 radical (unpaired) electrons. The lowest BCUT2D eigenvalue weighted by molar-refractivity contribution is -0.126. The molecule has 0 aliphatic heterocycles. The van der Waals surface area contributed by atoms with E-state index in [0.29, 0.717) is 5.56 Å². The van der Waals surface area contributed by atoms with Gasteiger partial charge in [0.05, 0.1) is 17.8 Å². The molecule has 0 aromatic carbocycles. The van der Waals surface area contributed by atoms with Crippen molar-refractivity contribution < 1.29 is 23.1 Å². The molecule has 22 heavy (non-hydrogen) atoms. The highest BCUT2D eigenvalue weighted by Crippen LogP contribution is 2.39. The molecular weight excluding hydrogens is 323 g/mol. The second-order valence-electron chi connectivity index (χ2n) is 5.34. The van der Waals surface area contributed by atoms with Gasteiger partial charge in [-0.15, -0.1) is 0 Å². The molecule has 2 rings (SSSR count). The minimum atomic E-state index is -3.19. The summed E-state index contributed by atoms with van der Waals surface area (Å²) in [6, 6.07) is 1.40. The molecule has 0 saturated heterocycles. The third kappa shape index (κ3) is 3.44. The zero-order chi connectivity index (χ0) is 16.5. The molecule has 0 spiro atoms. The van der Waals surface area contributed by atoms with E-state index in [0.717, 1.165) is 0 Å². The Morgan fingerprint density at radius 2 is 2.23 bits per heavy atom. The Kier molecular flexibility index (Phi) is 4.81. The van der Waals surface area contributed by atoms with Gasteiger partial charge in [-0.1, -0.05) is 11.6 Å². The molecule has 122 valence electrons. The number of aromatic nitrogens is 1. The van der Waals surface area contributed by atoms with E-state index < -0.39 is 24.0 Å². The predicted octanol–water partition coefficient (Wildman–Crippen LogP) is 2.52. The van der Waals surface area contributed by atoms with Gasteiger partial charge in [-0.2, -0.15) is 8.78 Å². The van der Waals surface area contributed by atoms with E-state index in [-0.39, 0.29) is 36.1 Å². The number of aryl methyl sites for hydroxylation is 1. The molecule has 1 heterocycles. The van der Waals surface area contributed by atoms with Crippen molar-refractivity contribution in [1.29, 1.82) is 0 Å². The number of aliphatic hydroxyl groups is 1. The van der Waals surface area contributed by atoms with Crippen LogP contribution in [0.4, 0.5) is 24.7 Å². The van der Waals surface area contributed by atoms with Gasteiger partial charge in [-0.05, 0) is 18.6 Å². The van der Waals surface area contributed by atoms with E-state index in [1.165, 1.54) is 6.07 Å². The molecule has 1 aliphatic rings. The van der Waals surface area contributed by atoms with Crippen molar-refractivity contribution in [2.75, 3.05) is 17.2 Å². The predicted molar refractivity (Wildman–Crippen MR) is 76.2 cm³/mol. The highest BCUT2D eigenvalue weighted by molar-refractivity contribution is 6.29. The van der Waals surface area contributed by atoms with Crippen molar-refractivity contribution in [3.63, 3.8) is 0 Å². The second kappa shape index (κ2) is 6.29. The Bertz CT molecular complexity index is 580. The number of aliphatic hydroxyl groups excluding tert-OH is 1. The number of halogens is 4. The van der Waals surface area contributed by atoms with Crippen molar-refractivity contribution in [3.05, 3.63) is 16.8 Å². The normalized spacial score (nSPS) is 24.0. The molecule has 5 nitrogen and oxygen atoms in total. The molecule has 0 atom stereocenters. The van der Waals surface area contributed by atoms with Gasteiger partial charge in [-0.25, -0.2) is 9.37 Å². The third-order valence-electron chi connectivity index (χ3n) is 3.54. The standard InChI is InChI=1S/C13H15ClF3N3O2/c1-6-2-8(14)18-11(9(6)19-12(22)10(16)17)20-13(5-21)3-7(15)4-13/h2,7,10,21H,3-5H2,1H3,(H,18,20)(H,19,22). The molecule has 0 unspecified atom stereocenters. The van der Waals surface area contributed by atoms with Crippen LogP contribution in [0.1, 0.15) is 18.4 Å². The minimum Gasteiger partial charge on any atom is -0.394 e. The molecule has 1 fully saturated rings. The first-order valence-electron chi connectivity index (χ1n) is 6.55. The number of alkyl halides is 3. The van der Waals surface area contributed by atoms with Crippen molar-refractivity contribution in [3.8, 4) is 0 Å². The molecule has 1 aliphatic carbocycles. The SMILES string of the molecule is Cc1cc(Cl)nc(NC2(CO)CC(F)C2)c1NC(=O)C(F)F. The summed E-state index contributed by atoms with van der Waals surface area (Å²) in [5.41, 5.74) is -0.487. The second-order valence-corrected chi connectivity index (χ2v) is 5.73. The fourth-order valence-corrected chi connectivity index (χ4v) is 2.62. The maximum Gasteiger partial charge on any atom is 0.315 e. The lowest BCUT2D eigenvalue weighted by Gasteiger charge is -2.44. The highest BCUT2D eigenvalue weighted by Gasteiger charge is 2.45. The molecule has 1 amide bonds. The number of pyridine rings is 1. The Morgan fingerprint density at radius 1 is 1.59 bits per heavy atom. The molecule has 9 heteroatoms. The Labute approximate surface area is 129 Å². The summed E-state index contributed by atoms with van der Waals surface area (Å²) < 4.78 is 38.0. The van der Waals surface area contributed by atoms with Crippen LogP contribution in [-0.2, 0) is 4.79 Å². The quantitative estimate of drug-likeness (QED) is 0.722. The topological polar surface area (TPSA) is 74.2 Å². The Morgan fingerprint density at radius 3 is 2.73 bits per heavy atom. The lowest BCUT2D eigenvalue weighted by Crippen LogP contribution is -2.54. The number of hydrogen-bond acceptors (Lipinski definition) is 4. The average Bonchev–Trinajstić information content (AvgIpc) is 2.39. The maximum absolute atomic E-state index is 13.1. The first kappa shape index (κ1) is 16.8.